The molecule has 0 radical (unpaired) electrons. The number of carbonyl (C=O) groups excluding carboxylic acids is 1. The lowest BCUT2D eigenvalue weighted by atomic mass is 10.2. The number of anilines is 1. The standard InChI is InChI=1S/C17H20N2O3S/c1-3-19(23(21,22)16-10-5-4-6-11-16)13-17(20)18-15-9-7-8-14(2)12-15/h4-12H,3,13H2,1-2H3,(H,18,20). The molecule has 2 aromatic rings. The van der Waals surface area contributed by atoms with Crippen molar-refractivity contribution in [2.75, 3.05) is 18.4 Å². The molecular formula is C17H20N2O3S. The highest BCUT2D eigenvalue weighted by Crippen LogP contribution is 2.15. The van der Waals surface area contributed by atoms with Crippen LogP contribution in [0.1, 0.15) is 12.5 Å². The number of aryl methyl sites for hydroxylation is 1. The van der Waals surface area contributed by atoms with Gasteiger partial charge in [0.1, 0.15) is 0 Å². The van der Waals surface area contributed by atoms with Crippen LogP contribution in [-0.4, -0.2) is 31.7 Å². The van der Waals surface area contributed by atoms with Crippen molar-refractivity contribution in [2.24, 2.45) is 0 Å². The molecule has 0 atom stereocenters. The highest BCUT2D eigenvalue weighted by molar-refractivity contribution is 7.89. The number of carbonyl (C=O) groups is 1. The molecule has 0 heterocycles. The van der Waals surface area contributed by atoms with Crippen LogP contribution in [0, 0.1) is 6.92 Å². The minimum atomic E-state index is -3.67. The van der Waals surface area contributed by atoms with Crippen LogP contribution in [0.5, 0.6) is 0 Å². The van der Waals surface area contributed by atoms with Crippen LogP contribution in [0.4, 0.5) is 5.69 Å². The van der Waals surface area contributed by atoms with E-state index >= 15 is 0 Å². The fraction of sp³-hybridized carbons (Fsp3) is 0.235. The summed E-state index contributed by atoms with van der Waals surface area (Å²) in [6, 6.07) is 15.5. The summed E-state index contributed by atoms with van der Waals surface area (Å²) in [6.07, 6.45) is 0. The van der Waals surface area contributed by atoms with E-state index in [0.29, 0.717) is 5.69 Å². The maximum absolute atomic E-state index is 12.6. The van der Waals surface area contributed by atoms with Crippen molar-refractivity contribution in [3.63, 3.8) is 0 Å². The fourth-order valence-corrected chi connectivity index (χ4v) is 3.62. The van der Waals surface area contributed by atoms with E-state index in [1.165, 1.54) is 12.1 Å². The predicted octanol–water partition coefficient (Wildman–Crippen LogP) is 2.64. The van der Waals surface area contributed by atoms with Crippen LogP contribution in [-0.2, 0) is 14.8 Å². The van der Waals surface area contributed by atoms with E-state index < -0.39 is 10.0 Å². The van der Waals surface area contributed by atoms with Gasteiger partial charge < -0.3 is 5.32 Å². The Morgan fingerprint density at radius 2 is 1.78 bits per heavy atom. The normalized spacial score (nSPS) is 11.4. The van der Waals surface area contributed by atoms with Crippen LogP contribution >= 0.6 is 0 Å². The summed E-state index contributed by atoms with van der Waals surface area (Å²) in [6.45, 7) is 3.63. The molecule has 0 aliphatic carbocycles. The summed E-state index contributed by atoms with van der Waals surface area (Å²) >= 11 is 0. The number of benzene rings is 2. The lowest BCUT2D eigenvalue weighted by Crippen LogP contribution is -2.37. The molecule has 2 aromatic carbocycles. The first-order valence-corrected chi connectivity index (χ1v) is 8.79. The Labute approximate surface area is 137 Å². The molecule has 1 N–H and O–H groups in total. The van der Waals surface area contributed by atoms with Crippen molar-refractivity contribution in [2.45, 2.75) is 18.7 Å². The number of sulfonamides is 1. The predicted molar refractivity (Wildman–Crippen MR) is 90.7 cm³/mol. The molecular weight excluding hydrogens is 312 g/mol. The molecule has 0 saturated heterocycles. The van der Waals surface area contributed by atoms with Gasteiger partial charge in [0.2, 0.25) is 15.9 Å². The molecule has 1 amide bonds. The average Bonchev–Trinajstić information content (AvgIpc) is 2.53. The van der Waals surface area contributed by atoms with Gasteiger partial charge in [-0.2, -0.15) is 4.31 Å². The molecule has 0 aromatic heterocycles. The van der Waals surface area contributed by atoms with E-state index in [-0.39, 0.29) is 23.9 Å². The third-order valence-electron chi connectivity index (χ3n) is 3.36. The topological polar surface area (TPSA) is 66.5 Å². The second-order valence-corrected chi connectivity index (χ2v) is 7.10. The van der Waals surface area contributed by atoms with Crippen molar-refractivity contribution in [1.82, 2.24) is 4.31 Å². The minimum absolute atomic E-state index is 0.185. The Morgan fingerprint density at radius 1 is 1.09 bits per heavy atom. The first kappa shape index (κ1) is 17.2. The Bertz CT molecular complexity index is 773. The third kappa shape index (κ3) is 4.40. The summed E-state index contributed by atoms with van der Waals surface area (Å²) in [5.74, 6) is -0.364. The Kier molecular flexibility index (Phi) is 5.52. The number of hydrogen-bond acceptors (Lipinski definition) is 3. The van der Waals surface area contributed by atoms with E-state index in [1.54, 1.807) is 31.2 Å². The molecule has 0 aliphatic heterocycles. The van der Waals surface area contributed by atoms with Gasteiger partial charge in [-0.15, -0.1) is 0 Å². The average molecular weight is 332 g/mol. The lowest BCUT2D eigenvalue weighted by Gasteiger charge is -2.20. The number of nitrogens with zero attached hydrogens (tertiary/aromatic N) is 1. The van der Waals surface area contributed by atoms with Crippen LogP contribution < -0.4 is 5.32 Å². The zero-order valence-electron chi connectivity index (χ0n) is 13.2. The van der Waals surface area contributed by atoms with Crippen molar-refractivity contribution in [3.05, 3.63) is 60.2 Å². The Balaban J connectivity index is 2.11. The smallest absolute Gasteiger partial charge is 0.243 e. The monoisotopic (exact) mass is 332 g/mol. The first-order valence-electron chi connectivity index (χ1n) is 7.35. The maximum Gasteiger partial charge on any atom is 0.243 e. The van der Waals surface area contributed by atoms with E-state index in [4.69, 9.17) is 0 Å². The lowest BCUT2D eigenvalue weighted by molar-refractivity contribution is -0.116. The second kappa shape index (κ2) is 7.39. The van der Waals surface area contributed by atoms with Gasteiger partial charge in [0.25, 0.3) is 0 Å². The third-order valence-corrected chi connectivity index (χ3v) is 5.29. The first-order chi connectivity index (χ1) is 10.9. The van der Waals surface area contributed by atoms with Crippen molar-refractivity contribution >= 4 is 21.6 Å². The molecule has 5 nitrogen and oxygen atoms in total. The highest BCUT2D eigenvalue weighted by atomic mass is 32.2. The molecule has 23 heavy (non-hydrogen) atoms. The van der Waals surface area contributed by atoms with Crippen LogP contribution in [0.3, 0.4) is 0 Å². The van der Waals surface area contributed by atoms with Gasteiger partial charge in [-0.05, 0) is 36.8 Å². The van der Waals surface area contributed by atoms with Gasteiger partial charge in [-0.25, -0.2) is 8.42 Å². The second-order valence-electron chi connectivity index (χ2n) is 5.16. The van der Waals surface area contributed by atoms with E-state index in [2.05, 4.69) is 5.32 Å². The zero-order chi connectivity index (χ0) is 16.9. The molecule has 0 fully saturated rings. The Hall–Kier alpha value is -2.18. The highest BCUT2D eigenvalue weighted by Gasteiger charge is 2.24. The van der Waals surface area contributed by atoms with Crippen molar-refractivity contribution in [3.8, 4) is 0 Å². The molecule has 0 spiro atoms. The van der Waals surface area contributed by atoms with E-state index in [9.17, 15) is 13.2 Å². The quantitative estimate of drug-likeness (QED) is 0.884. The van der Waals surface area contributed by atoms with Crippen LogP contribution in [0.15, 0.2) is 59.5 Å². The molecule has 0 bridgehead atoms. The number of likely N-dealkylation sites (N-methyl/N-ethyl adjacent to an activating group) is 1. The summed E-state index contributed by atoms with van der Waals surface area (Å²) in [7, 11) is -3.67. The molecule has 0 saturated carbocycles. The minimum Gasteiger partial charge on any atom is -0.325 e. The summed E-state index contributed by atoms with van der Waals surface area (Å²) in [4.78, 5) is 12.3. The van der Waals surface area contributed by atoms with E-state index in [1.807, 2.05) is 25.1 Å². The molecule has 122 valence electrons. The van der Waals surface area contributed by atoms with Crippen molar-refractivity contribution < 1.29 is 13.2 Å². The Morgan fingerprint density at radius 3 is 2.39 bits per heavy atom. The SMILES string of the molecule is CCN(CC(=O)Nc1cccc(C)c1)S(=O)(=O)c1ccccc1. The van der Waals surface area contributed by atoms with Gasteiger partial charge in [0.05, 0.1) is 11.4 Å². The van der Waals surface area contributed by atoms with Gasteiger partial charge in [0.15, 0.2) is 0 Å². The fourth-order valence-electron chi connectivity index (χ4n) is 2.19. The summed E-state index contributed by atoms with van der Waals surface area (Å²) in [5, 5.41) is 2.73. The molecule has 2 rings (SSSR count). The maximum atomic E-state index is 12.6. The zero-order valence-corrected chi connectivity index (χ0v) is 14.0. The number of hydrogen-bond donors (Lipinski definition) is 1. The van der Waals surface area contributed by atoms with E-state index in [0.717, 1.165) is 9.87 Å². The molecule has 0 unspecified atom stereocenters. The number of rotatable bonds is 6. The molecule has 0 aliphatic rings. The largest absolute Gasteiger partial charge is 0.325 e. The van der Waals surface area contributed by atoms with Crippen molar-refractivity contribution in [1.29, 1.82) is 0 Å². The van der Waals surface area contributed by atoms with Crippen LogP contribution in [0.2, 0.25) is 0 Å². The summed E-state index contributed by atoms with van der Waals surface area (Å²) < 4.78 is 26.3. The van der Waals surface area contributed by atoms with Gasteiger partial charge in [-0.1, -0.05) is 37.3 Å². The molecule has 6 heteroatoms. The summed E-state index contributed by atoms with van der Waals surface area (Å²) in [5.41, 5.74) is 1.68. The van der Waals surface area contributed by atoms with Gasteiger partial charge in [-0.3, -0.25) is 4.79 Å². The van der Waals surface area contributed by atoms with Gasteiger partial charge >= 0.3 is 0 Å². The van der Waals surface area contributed by atoms with Crippen LogP contribution in [0.25, 0.3) is 0 Å². The van der Waals surface area contributed by atoms with Gasteiger partial charge in [0, 0.05) is 12.2 Å². The number of nitrogens with one attached hydrogen (secondary N) is 1. The number of amides is 1.